The molecule has 2 aliphatic rings. The summed E-state index contributed by atoms with van der Waals surface area (Å²) in [4.78, 5) is 49.4. The Hall–Kier alpha value is -2.90. The Kier molecular flexibility index (Phi) is 5.38. The van der Waals surface area contributed by atoms with Gasteiger partial charge in [0.05, 0.1) is 0 Å². The number of nitrogens with one attached hydrogen (secondary N) is 2. The van der Waals surface area contributed by atoms with Crippen LogP contribution in [-0.4, -0.2) is 47.4 Å². The average Bonchev–Trinajstić information content (AvgIpc) is 3.46. The zero-order valence-corrected chi connectivity index (χ0v) is 17.2. The quantitative estimate of drug-likeness (QED) is 0.562. The zero-order chi connectivity index (χ0) is 21.4. The summed E-state index contributed by atoms with van der Waals surface area (Å²) in [5.74, 6) is -1.63. The molecule has 8 heteroatoms. The van der Waals surface area contributed by atoms with E-state index in [1.54, 1.807) is 19.1 Å². The van der Waals surface area contributed by atoms with Crippen LogP contribution < -0.4 is 10.6 Å². The Morgan fingerprint density at radius 3 is 2.38 bits per heavy atom. The summed E-state index contributed by atoms with van der Waals surface area (Å²) in [5, 5.41) is 5.31. The number of esters is 1. The number of ether oxygens (including phenoxy) is 1. The largest absolute Gasteiger partial charge is 0.454 e. The SMILES string of the molecule is CC(C)(C)c1ccc(NC(=O)COC(=O)CN2C(=O)N[C@@](C)(C3CC3)C2=O)cc1. The molecule has 1 aromatic carbocycles. The number of nitrogens with zero attached hydrogens (tertiary/aromatic N) is 1. The topological polar surface area (TPSA) is 105 Å². The molecule has 1 aromatic rings. The lowest BCUT2D eigenvalue weighted by molar-refractivity contribution is -0.150. The van der Waals surface area contributed by atoms with Gasteiger partial charge in [0.1, 0.15) is 12.1 Å². The van der Waals surface area contributed by atoms with Gasteiger partial charge < -0.3 is 15.4 Å². The number of hydrogen-bond acceptors (Lipinski definition) is 5. The molecule has 2 fully saturated rings. The summed E-state index contributed by atoms with van der Waals surface area (Å²) in [6, 6.07) is 6.81. The molecule has 1 saturated heterocycles. The number of rotatable bonds is 6. The van der Waals surface area contributed by atoms with E-state index in [2.05, 4.69) is 31.4 Å². The number of anilines is 1. The maximum atomic E-state index is 12.5. The van der Waals surface area contributed by atoms with Crippen molar-refractivity contribution in [2.24, 2.45) is 5.92 Å². The van der Waals surface area contributed by atoms with Crippen molar-refractivity contribution in [1.82, 2.24) is 10.2 Å². The molecule has 3 rings (SSSR count). The van der Waals surface area contributed by atoms with Gasteiger partial charge in [0.15, 0.2) is 6.61 Å². The first-order valence-corrected chi connectivity index (χ1v) is 9.71. The van der Waals surface area contributed by atoms with E-state index in [9.17, 15) is 19.2 Å². The first-order valence-electron chi connectivity index (χ1n) is 9.71. The molecule has 0 radical (unpaired) electrons. The minimum atomic E-state index is -0.950. The summed E-state index contributed by atoms with van der Waals surface area (Å²) >= 11 is 0. The van der Waals surface area contributed by atoms with E-state index in [0.717, 1.165) is 23.3 Å². The maximum absolute atomic E-state index is 12.5. The van der Waals surface area contributed by atoms with Crippen LogP contribution in [0, 0.1) is 5.92 Å². The van der Waals surface area contributed by atoms with E-state index in [1.165, 1.54) is 0 Å². The van der Waals surface area contributed by atoms with Crippen LogP contribution in [0.4, 0.5) is 10.5 Å². The first-order chi connectivity index (χ1) is 13.5. The molecular weight excluding hydrogens is 374 g/mol. The molecular formula is C21H27N3O5. The maximum Gasteiger partial charge on any atom is 0.326 e. The number of amides is 4. The first kappa shape index (κ1) is 20.8. The lowest BCUT2D eigenvalue weighted by atomic mass is 9.87. The van der Waals surface area contributed by atoms with Crippen molar-refractivity contribution in [2.45, 2.75) is 51.5 Å². The molecule has 1 saturated carbocycles. The third-order valence-corrected chi connectivity index (χ3v) is 5.38. The minimum Gasteiger partial charge on any atom is -0.454 e. The average molecular weight is 401 g/mol. The Bertz CT molecular complexity index is 839. The van der Waals surface area contributed by atoms with Gasteiger partial charge in [0.2, 0.25) is 0 Å². The Morgan fingerprint density at radius 2 is 1.83 bits per heavy atom. The summed E-state index contributed by atoms with van der Waals surface area (Å²) in [6.07, 6.45) is 1.75. The van der Waals surface area contributed by atoms with Crippen LogP contribution in [0.2, 0.25) is 0 Å². The Labute approximate surface area is 170 Å². The van der Waals surface area contributed by atoms with Gasteiger partial charge in [-0.15, -0.1) is 0 Å². The van der Waals surface area contributed by atoms with E-state index in [4.69, 9.17) is 4.74 Å². The van der Waals surface area contributed by atoms with Gasteiger partial charge in [-0.25, -0.2) is 4.79 Å². The Balaban J connectivity index is 1.47. The highest BCUT2D eigenvalue weighted by Crippen LogP contribution is 2.42. The van der Waals surface area contributed by atoms with Gasteiger partial charge in [-0.05, 0) is 48.8 Å². The lowest BCUT2D eigenvalue weighted by Crippen LogP contribution is -2.46. The molecule has 8 nitrogen and oxygen atoms in total. The Morgan fingerprint density at radius 1 is 1.21 bits per heavy atom. The van der Waals surface area contributed by atoms with Gasteiger partial charge in [-0.3, -0.25) is 19.3 Å². The molecule has 1 heterocycles. The van der Waals surface area contributed by atoms with Crippen molar-refractivity contribution in [1.29, 1.82) is 0 Å². The number of carbonyl (C=O) groups is 4. The van der Waals surface area contributed by atoms with Crippen molar-refractivity contribution in [3.05, 3.63) is 29.8 Å². The van der Waals surface area contributed by atoms with Crippen LogP contribution in [0.3, 0.4) is 0 Å². The highest BCUT2D eigenvalue weighted by Gasteiger charge is 2.56. The molecule has 0 spiro atoms. The molecule has 156 valence electrons. The van der Waals surface area contributed by atoms with Crippen molar-refractivity contribution < 1.29 is 23.9 Å². The molecule has 2 N–H and O–H groups in total. The van der Waals surface area contributed by atoms with Crippen LogP contribution in [0.5, 0.6) is 0 Å². The number of benzene rings is 1. The van der Waals surface area contributed by atoms with Crippen molar-refractivity contribution >= 4 is 29.5 Å². The number of carbonyl (C=O) groups excluding carboxylic acids is 4. The van der Waals surface area contributed by atoms with Crippen molar-refractivity contribution in [2.75, 3.05) is 18.5 Å². The monoisotopic (exact) mass is 401 g/mol. The predicted octanol–water partition coefficient (Wildman–Crippen LogP) is 2.19. The molecule has 1 aliphatic carbocycles. The highest BCUT2D eigenvalue weighted by atomic mass is 16.5. The van der Waals surface area contributed by atoms with E-state index >= 15 is 0 Å². The molecule has 4 amide bonds. The smallest absolute Gasteiger partial charge is 0.326 e. The summed E-state index contributed by atoms with van der Waals surface area (Å²) in [6.45, 7) is 6.95. The second-order valence-electron chi connectivity index (χ2n) is 8.83. The van der Waals surface area contributed by atoms with Crippen molar-refractivity contribution in [3.63, 3.8) is 0 Å². The third kappa shape index (κ3) is 4.58. The number of imide groups is 1. The minimum absolute atomic E-state index is 0.00690. The van der Waals surface area contributed by atoms with Crippen molar-refractivity contribution in [3.8, 4) is 0 Å². The van der Waals surface area contributed by atoms with Crippen LogP contribution in [0.1, 0.15) is 46.1 Å². The van der Waals surface area contributed by atoms with E-state index in [-0.39, 0.29) is 11.3 Å². The van der Waals surface area contributed by atoms with Crippen LogP contribution >= 0.6 is 0 Å². The predicted molar refractivity (Wildman–Crippen MR) is 106 cm³/mol. The molecule has 1 atom stereocenters. The van der Waals surface area contributed by atoms with E-state index in [0.29, 0.717) is 5.69 Å². The van der Waals surface area contributed by atoms with E-state index in [1.807, 2.05) is 12.1 Å². The molecule has 0 unspecified atom stereocenters. The fraction of sp³-hybridized carbons (Fsp3) is 0.524. The summed E-state index contributed by atoms with van der Waals surface area (Å²) in [7, 11) is 0. The number of urea groups is 1. The van der Waals surface area contributed by atoms with E-state index < -0.39 is 42.5 Å². The molecule has 0 bridgehead atoms. The van der Waals surface area contributed by atoms with Crippen LogP contribution in [0.25, 0.3) is 0 Å². The fourth-order valence-electron chi connectivity index (χ4n) is 3.37. The van der Waals surface area contributed by atoms with Gasteiger partial charge in [0, 0.05) is 5.69 Å². The summed E-state index contributed by atoms with van der Waals surface area (Å²) < 4.78 is 4.93. The normalized spacial score (nSPS) is 21.7. The second kappa shape index (κ2) is 7.50. The molecule has 29 heavy (non-hydrogen) atoms. The van der Waals surface area contributed by atoms with Gasteiger partial charge in [-0.1, -0.05) is 32.9 Å². The lowest BCUT2D eigenvalue weighted by Gasteiger charge is -2.20. The second-order valence-corrected chi connectivity index (χ2v) is 8.83. The fourth-order valence-corrected chi connectivity index (χ4v) is 3.37. The van der Waals surface area contributed by atoms with Crippen LogP contribution in [0.15, 0.2) is 24.3 Å². The zero-order valence-electron chi connectivity index (χ0n) is 17.2. The standard InChI is InChI=1S/C21H27N3O5/c1-20(2,3)13-7-9-15(10-8-13)22-16(25)12-29-17(26)11-24-18(27)21(4,14-5-6-14)23-19(24)28/h7-10,14H,5-6,11-12H2,1-4H3,(H,22,25)(H,23,28)/t21-/m0/s1. The number of hydrogen-bond donors (Lipinski definition) is 2. The van der Waals surface area contributed by atoms with Crippen LogP contribution in [-0.2, 0) is 24.5 Å². The molecule has 0 aromatic heterocycles. The van der Waals surface area contributed by atoms with Gasteiger partial charge in [0.25, 0.3) is 11.8 Å². The highest BCUT2D eigenvalue weighted by molar-refractivity contribution is 6.09. The van der Waals surface area contributed by atoms with Gasteiger partial charge >= 0.3 is 12.0 Å². The van der Waals surface area contributed by atoms with Gasteiger partial charge in [-0.2, -0.15) is 0 Å². The summed E-state index contributed by atoms with van der Waals surface area (Å²) in [5.41, 5.74) is 0.781. The third-order valence-electron chi connectivity index (χ3n) is 5.38. The molecule has 1 aliphatic heterocycles.